The lowest BCUT2D eigenvalue weighted by Crippen LogP contribution is -2.49. The van der Waals surface area contributed by atoms with Gasteiger partial charge in [0.2, 0.25) is 11.6 Å². The van der Waals surface area contributed by atoms with Crippen molar-refractivity contribution in [2.75, 3.05) is 32.7 Å². The van der Waals surface area contributed by atoms with E-state index in [1.165, 1.54) is 6.07 Å². The van der Waals surface area contributed by atoms with E-state index in [1.807, 2.05) is 29.2 Å². The van der Waals surface area contributed by atoms with Crippen LogP contribution in [0.4, 0.5) is 10.1 Å². The molecule has 1 aliphatic heterocycles. The van der Waals surface area contributed by atoms with Gasteiger partial charge in [0, 0.05) is 44.7 Å². The van der Waals surface area contributed by atoms with Gasteiger partial charge in [-0.05, 0) is 47.9 Å². The van der Waals surface area contributed by atoms with Crippen molar-refractivity contribution in [1.82, 2.24) is 9.80 Å². The van der Waals surface area contributed by atoms with Gasteiger partial charge in [-0.3, -0.25) is 14.5 Å². The number of nitrogens with zero attached hydrogens (tertiary/aromatic N) is 3. The summed E-state index contributed by atoms with van der Waals surface area (Å²) in [4.78, 5) is 32.4. The number of halogens is 1. The number of hydrogen-bond acceptors (Lipinski definition) is 3. The smallest absolute Gasteiger partial charge is 0.227 e. The zero-order valence-electron chi connectivity index (χ0n) is 18.1. The lowest BCUT2D eigenvalue weighted by atomic mass is 9.99. The van der Waals surface area contributed by atoms with Crippen LogP contribution >= 0.6 is 0 Å². The van der Waals surface area contributed by atoms with Gasteiger partial charge in [0.25, 0.3) is 0 Å². The monoisotopic (exact) mass is 431 g/mol. The second kappa shape index (κ2) is 8.48. The van der Waals surface area contributed by atoms with E-state index in [9.17, 15) is 14.0 Å². The molecule has 1 fully saturated rings. The molecule has 1 saturated heterocycles. The van der Waals surface area contributed by atoms with Crippen molar-refractivity contribution in [2.24, 2.45) is 0 Å². The number of amides is 1. The van der Waals surface area contributed by atoms with Crippen LogP contribution in [-0.4, -0.2) is 54.2 Å². The molecule has 0 bridgehead atoms. The molecule has 164 valence electrons. The van der Waals surface area contributed by atoms with Gasteiger partial charge in [0.15, 0.2) is 5.78 Å². The molecule has 2 aromatic rings. The van der Waals surface area contributed by atoms with Crippen LogP contribution < -0.4 is 0 Å². The number of carbonyl (C=O) groups excluding carboxylic acids is 2. The molecule has 0 aromatic heterocycles. The molecule has 0 spiro atoms. The molecule has 5 nitrogen and oxygen atoms in total. The minimum absolute atomic E-state index is 0.136. The minimum atomic E-state index is -0.415. The SMILES string of the molecule is [C-]#[N+]c1c(F)ccc2c1CCC2CN1CCN(C(=O)Cc2ccc3c(c2)CCC3=O)CC1. The fraction of sp³-hybridized carbons (Fsp3) is 0.423. The van der Waals surface area contributed by atoms with E-state index < -0.39 is 5.82 Å². The Labute approximate surface area is 187 Å². The summed E-state index contributed by atoms with van der Waals surface area (Å²) in [5.41, 5.74) is 5.06. The Kier molecular flexibility index (Phi) is 5.52. The summed E-state index contributed by atoms with van der Waals surface area (Å²) in [7, 11) is 0. The van der Waals surface area contributed by atoms with E-state index in [2.05, 4.69) is 9.74 Å². The van der Waals surface area contributed by atoms with Crippen LogP contribution in [0.5, 0.6) is 0 Å². The van der Waals surface area contributed by atoms with Crippen molar-refractivity contribution < 1.29 is 14.0 Å². The molecular weight excluding hydrogens is 405 g/mol. The molecule has 32 heavy (non-hydrogen) atoms. The van der Waals surface area contributed by atoms with Crippen LogP contribution in [0, 0.1) is 12.4 Å². The zero-order chi connectivity index (χ0) is 22.2. The third-order valence-electron chi connectivity index (χ3n) is 7.21. The van der Waals surface area contributed by atoms with Gasteiger partial charge in [-0.2, -0.15) is 0 Å². The molecule has 1 unspecified atom stereocenters. The Bertz CT molecular complexity index is 1130. The maximum absolute atomic E-state index is 13.9. The van der Waals surface area contributed by atoms with Crippen molar-refractivity contribution >= 4 is 17.4 Å². The Morgan fingerprint density at radius 1 is 1.09 bits per heavy atom. The Hall–Kier alpha value is -3.04. The summed E-state index contributed by atoms with van der Waals surface area (Å²) >= 11 is 0. The number of piperazine rings is 1. The lowest BCUT2D eigenvalue weighted by molar-refractivity contribution is -0.132. The predicted molar refractivity (Wildman–Crippen MR) is 120 cm³/mol. The van der Waals surface area contributed by atoms with Crippen LogP contribution in [0.15, 0.2) is 30.3 Å². The average Bonchev–Trinajstić information content (AvgIpc) is 3.37. The topological polar surface area (TPSA) is 45.0 Å². The molecule has 6 heteroatoms. The molecule has 0 N–H and O–H groups in total. The molecule has 3 aliphatic rings. The number of carbonyl (C=O) groups is 2. The standard InChI is InChI=1S/C26H26FN3O2/c1-28-26-22-6-3-19(20(22)7-8-23(26)27)16-29-10-12-30(13-11-29)25(32)15-17-2-5-21-18(14-17)4-9-24(21)31/h2,5,7-8,14,19H,3-4,6,9-13,15-16H2. The normalized spacial score (nSPS) is 20.2. The first-order valence-corrected chi connectivity index (χ1v) is 11.4. The van der Waals surface area contributed by atoms with Crippen molar-refractivity contribution in [1.29, 1.82) is 0 Å². The van der Waals surface area contributed by atoms with Crippen molar-refractivity contribution in [2.45, 2.75) is 38.0 Å². The molecule has 1 atom stereocenters. The number of benzene rings is 2. The van der Waals surface area contributed by atoms with Gasteiger partial charge < -0.3 is 4.90 Å². The summed E-state index contributed by atoms with van der Waals surface area (Å²) in [6.07, 6.45) is 3.45. The van der Waals surface area contributed by atoms with Gasteiger partial charge >= 0.3 is 0 Å². The highest BCUT2D eigenvalue weighted by Crippen LogP contribution is 2.40. The second-order valence-corrected chi connectivity index (χ2v) is 9.08. The van der Waals surface area contributed by atoms with E-state index in [0.29, 0.717) is 31.8 Å². The second-order valence-electron chi connectivity index (χ2n) is 9.08. The quantitative estimate of drug-likeness (QED) is 0.690. The molecule has 5 rings (SSSR count). The zero-order valence-corrected chi connectivity index (χ0v) is 18.1. The third-order valence-corrected chi connectivity index (χ3v) is 7.21. The highest BCUT2D eigenvalue weighted by molar-refractivity contribution is 6.00. The molecule has 1 heterocycles. The van der Waals surface area contributed by atoms with Crippen LogP contribution in [0.3, 0.4) is 0 Å². The summed E-state index contributed by atoms with van der Waals surface area (Å²) in [5, 5.41) is 0. The van der Waals surface area contributed by atoms with E-state index >= 15 is 0 Å². The maximum atomic E-state index is 13.9. The number of hydrogen-bond donors (Lipinski definition) is 0. The number of aryl methyl sites for hydroxylation is 1. The lowest BCUT2D eigenvalue weighted by Gasteiger charge is -2.36. The largest absolute Gasteiger partial charge is 0.340 e. The van der Waals surface area contributed by atoms with Gasteiger partial charge in [-0.1, -0.05) is 29.8 Å². The number of fused-ring (bicyclic) bond motifs is 2. The van der Waals surface area contributed by atoms with Gasteiger partial charge in [0.05, 0.1) is 13.0 Å². The van der Waals surface area contributed by atoms with Crippen molar-refractivity contribution in [3.05, 3.63) is 75.4 Å². The highest BCUT2D eigenvalue weighted by atomic mass is 19.1. The van der Waals surface area contributed by atoms with E-state index in [0.717, 1.165) is 66.7 Å². The minimum Gasteiger partial charge on any atom is -0.340 e. The molecule has 2 aromatic carbocycles. The van der Waals surface area contributed by atoms with Gasteiger partial charge in [0.1, 0.15) is 5.82 Å². The van der Waals surface area contributed by atoms with Gasteiger partial charge in [-0.25, -0.2) is 9.24 Å². The third kappa shape index (κ3) is 3.82. The Morgan fingerprint density at radius 3 is 2.69 bits per heavy atom. The van der Waals surface area contributed by atoms with Crippen LogP contribution in [-0.2, 0) is 24.1 Å². The van der Waals surface area contributed by atoms with Crippen LogP contribution in [0.25, 0.3) is 4.85 Å². The van der Waals surface area contributed by atoms with Gasteiger partial charge in [-0.15, -0.1) is 0 Å². The Balaban J connectivity index is 1.16. The first kappa shape index (κ1) is 20.8. The summed E-state index contributed by atoms with van der Waals surface area (Å²) in [6.45, 7) is 11.2. The van der Waals surface area contributed by atoms with E-state index in [-0.39, 0.29) is 17.4 Å². The fourth-order valence-corrected chi connectivity index (χ4v) is 5.45. The number of ketones is 1. The number of rotatable bonds is 4. The van der Waals surface area contributed by atoms with E-state index in [1.54, 1.807) is 0 Å². The first-order chi connectivity index (χ1) is 15.5. The molecule has 2 aliphatic carbocycles. The first-order valence-electron chi connectivity index (χ1n) is 11.4. The summed E-state index contributed by atoms with van der Waals surface area (Å²) in [5.74, 6) is 0.246. The average molecular weight is 432 g/mol. The van der Waals surface area contributed by atoms with Crippen molar-refractivity contribution in [3.63, 3.8) is 0 Å². The summed E-state index contributed by atoms with van der Waals surface area (Å²) in [6, 6.07) is 9.08. The molecule has 0 radical (unpaired) electrons. The molecular formula is C26H26FN3O2. The maximum Gasteiger partial charge on any atom is 0.227 e. The highest BCUT2D eigenvalue weighted by Gasteiger charge is 2.30. The van der Waals surface area contributed by atoms with Crippen molar-refractivity contribution in [3.8, 4) is 0 Å². The fourth-order valence-electron chi connectivity index (χ4n) is 5.45. The van der Waals surface area contributed by atoms with E-state index in [4.69, 9.17) is 6.57 Å². The molecule has 1 amide bonds. The molecule has 0 saturated carbocycles. The van der Waals surface area contributed by atoms with Crippen LogP contribution in [0.2, 0.25) is 0 Å². The van der Waals surface area contributed by atoms with Crippen LogP contribution in [0.1, 0.15) is 51.4 Å². The predicted octanol–water partition coefficient (Wildman–Crippen LogP) is 3.92. The number of Topliss-reactive ketones (excluding diaryl/α,β-unsaturated/α-hetero) is 1. The summed E-state index contributed by atoms with van der Waals surface area (Å²) < 4.78 is 13.9. The Morgan fingerprint density at radius 2 is 1.91 bits per heavy atom.